The van der Waals surface area contributed by atoms with E-state index < -0.39 is 0 Å². The molecule has 1 aliphatic carbocycles. The molecule has 0 bridgehead atoms. The SMILES string of the molecule is O=C(NCc1ncccc1Br)[C@@]12CCCC[C@@H]1NCC2. The van der Waals surface area contributed by atoms with Crippen LogP contribution in [0.3, 0.4) is 0 Å². The first kappa shape index (κ1) is 14.0. The van der Waals surface area contributed by atoms with Crippen molar-refractivity contribution in [2.45, 2.75) is 44.7 Å². The first-order valence-electron chi connectivity index (χ1n) is 7.33. The van der Waals surface area contributed by atoms with E-state index in [-0.39, 0.29) is 11.3 Å². The van der Waals surface area contributed by atoms with Gasteiger partial charge in [0.2, 0.25) is 5.91 Å². The highest BCUT2D eigenvalue weighted by Gasteiger charge is 2.49. The van der Waals surface area contributed by atoms with Crippen LogP contribution in [0.4, 0.5) is 0 Å². The zero-order valence-electron chi connectivity index (χ0n) is 11.5. The molecule has 1 saturated heterocycles. The van der Waals surface area contributed by atoms with Crippen molar-refractivity contribution in [3.8, 4) is 0 Å². The van der Waals surface area contributed by atoms with Gasteiger partial charge in [-0.15, -0.1) is 0 Å². The fourth-order valence-electron chi connectivity index (χ4n) is 3.58. The fraction of sp³-hybridized carbons (Fsp3) is 0.600. The molecule has 0 radical (unpaired) electrons. The van der Waals surface area contributed by atoms with Gasteiger partial charge in [-0.05, 0) is 53.9 Å². The number of aromatic nitrogens is 1. The van der Waals surface area contributed by atoms with Crippen molar-refractivity contribution >= 4 is 21.8 Å². The molecular weight excluding hydrogens is 318 g/mol. The summed E-state index contributed by atoms with van der Waals surface area (Å²) in [6.45, 7) is 1.46. The van der Waals surface area contributed by atoms with E-state index in [1.165, 1.54) is 12.8 Å². The number of rotatable bonds is 3. The van der Waals surface area contributed by atoms with Crippen molar-refractivity contribution in [1.29, 1.82) is 0 Å². The van der Waals surface area contributed by atoms with Gasteiger partial charge >= 0.3 is 0 Å². The molecule has 1 aromatic heterocycles. The van der Waals surface area contributed by atoms with Gasteiger partial charge in [0.15, 0.2) is 0 Å². The zero-order chi connectivity index (χ0) is 14.0. The average molecular weight is 338 g/mol. The van der Waals surface area contributed by atoms with E-state index in [9.17, 15) is 4.79 Å². The monoisotopic (exact) mass is 337 g/mol. The van der Waals surface area contributed by atoms with Crippen LogP contribution >= 0.6 is 15.9 Å². The summed E-state index contributed by atoms with van der Waals surface area (Å²) in [5.41, 5.74) is 0.704. The van der Waals surface area contributed by atoms with Crippen molar-refractivity contribution in [2.75, 3.05) is 6.54 Å². The van der Waals surface area contributed by atoms with E-state index in [0.29, 0.717) is 12.6 Å². The number of hydrogen-bond acceptors (Lipinski definition) is 3. The molecule has 4 nitrogen and oxygen atoms in total. The number of hydrogen-bond donors (Lipinski definition) is 2. The maximum Gasteiger partial charge on any atom is 0.228 e. The van der Waals surface area contributed by atoms with Crippen molar-refractivity contribution in [3.63, 3.8) is 0 Å². The Bertz CT molecular complexity index is 508. The number of halogens is 1. The molecule has 1 amide bonds. The normalized spacial score (nSPS) is 28.9. The van der Waals surface area contributed by atoms with Crippen molar-refractivity contribution < 1.29 is 4.79 Å². The minimum Gasteiger partial charge on any atom is -0.350 e. The van der Waals surface area contributed by atoms with Crippen LogP contribution in [0.2, 0.25) is 0 Å². The molecule has 0 spiro atoms. The minimum atomic E-state index is -0.181. The molecule has 108 valence electrons. The van der Waals surface area contributed by atoms with E-state index in [0.717, 1.165) is 36.0 Å². The van der Waals surface area contributed by atoms with Crippen LogP contribution in [0.15, 0.2) is 22.8 Å². The highest BCUT2D eigenvalue weighted by molar-refractivity contribution is 9.10. The third-order valence-corrected chi connectivity index (χ3v) is 5.42. The van der Waals surface area contributed by atoms with E-state index in [4.69, 9.17) is 0 Å². The topological polar surface area (TPSA) is 54.0 Å². The second-order valence-electron chi connectivity index (χ2n) is 5.77. The van der Waals surface area contributed by atoms with E-state index >= 15 is 0 Å². The second kappa shape index (κ2) is 5.82. The molecule has 2 atom stereocenters. The van der Waals surface area contributed by atoms with Gasteiger partial charge in [-0.25, -0.2) is 0 Å². The number of carbonyl (C=O) groups excluding carboxylic acids is 1. The largest absolute Gasteiger partial charge is 0.350 e. The number of nitrogens with one attached hydrogen (secondary N) is 2. The molecule has 1 aromatic rings. The predicted octanol–water partition coefficient (Wildman–Crippen LogP) is 2.38. The maximum absolute atomic E-state index is 12.7. The van der Waals surface area contributed by atoms with Crippen molar-refractivity contribution in [2.24, 2.45) is 5.41 Å². The van der Waals surface area contributed by atoms with Crippen LogP contribution in [-0.4, -0.2) is 23.5 Å². The molecule has 1 aliphatic heterocycles. The zero-order valence-corrected chi connectivity index (χ0v) is 13.1. The Morgan fingerprint density at radius 3 is 3.25 bits per heavy atom. The molecule has 2 fully saturated rings. The third kappa shape index (κ3) is 2.49. The Hall–Kier alpha value is -0.940. The first-order valence-corrected chi connectivity index (χ1v) is 8.13. The van der Waals surface area contributed by atoms with E-state index in [1.807, 2.05) is 12.1 Å². The summed E-state index contributed by atoms with van der Waals surface area (Å²) in [7, 11) is 0. The van der Waals surface area contributed by atoms with Gasteiger partial charge in [0.25, 0.3) is 0 Å². The van der Waals surface area contributed by atoms with E-state index in [2.05, 4.69) is 31.5 Å². The van der Waals surface area contributed by atoms with Gasteiger partial charge in [0.1, 0.15) is 0 Å². The molecule has 1 saturated carbocycles. The summed E-state index contributed by atoms with van der Waals surface area (Å²) < 4.78 is 0.947. The number of nitrogens with zero attached hydrogens (tertiary/aromatic N) is 1. The van der Waals surface area contributed by atoms with E-state index in [1.54, 1.807) is 6.20 Å². The molecular formula is C15H20BrN3O. The lowest BCUT2D eigenvalue weighted by molar-refractivity contribution is -0.133. The number of carbonyl (C=O) groups is 1. The Morgan fingerprint density at radius 1 is 1.50 bits per heavy atom. The first-order chi connectivity index (χ1) is 9.72. The van der Waals surface area contributed by atoms with Gasteiger partial charge < -0.3 is 10.6 Å². The Balaban J connectivity index is 1.68. The van der Waals surface area contributed by atoms with Gasteiger partial charge in [-0.1, -0.05) is 12.8 Å². The third-order valence-electron chi connectivity index (χ3n) is 4.70. The fourth-order valence-corrected chi connectivity index (χ4v) is 3.97. The summed E-state index contributed by atoms with van der Waals surface area (Å²) in [5.74, 6) is 0.199. The molecule has 0 unspecified atom stereocenters. The van der Waals surface area contributed by atoms with Gasteiger partial charge in [0.05, 0.1) is 17.7 Å². The van der Waals surface area contributed by atoms with Crippen LogP contribution in [0.5, 0.6) is 0 Å². The highest BCUT2D eigenvalue weighted by atomic mass is 79.9. The minimum absolute atomic E-state index is 0.181. The van der Waals surface area contributed by atoms with Crippen LogP contribution in [0, 0.1) is 5.41 Å². The summed E-state index contributed by atoms with van der Waals surface area (Å²) >= 11 is 3.47. The quantitative estimate of drug-likeness (QED) is 0.890. The van der Waals surface area contributed by atoms with Gasteiger partial charge in [-0.2, -0.15) is 0 Å². The Kier molecular flexibility index (Phi) is 4.08. The second-order valence-corrected chi connectivity index (χ2v) is 6.63. The molecule has 2 aliphatic rings. The van der Waals surface area contributed by atoms with Gasteiger partial charge in [-0.3, -0.25) is 9.78 Å². The highest BCUT2D eigenvalue weighted by Crippen LogP contribution is 2.42. The number of amides is 1. The number of fused-ring (bicyclic) bond motifs is 1. The van der Waals surface area contributed by atoms with Crippen molar-refractivity contribution in [1.82, 2.24) is 15.6 Å². The Morgan fingerprint density at radius 2 is 2.40 bits per heavy atom. The molecule has 2 N–H and O–H groups in total. The number of pyridine rings is 1. The molecule has 20 heavy (non-hydrogen) atoms. The van der Waals surface area contributed by atoms with Crippen LogP contribution in [0.1, 0.15) is 37.8 Å². The van der Waals surface area contributed by atoms with Crippen LogP contribution in [-0.2, 0) is 11.3 Å². The maximum atomic E-state index is 12.7. The molecule has 5 heteroatoms. The van der Waals surface area contributed by atoms with Gasteiger partial charge in [0, 0.05) is 16.7 Å². The average Bonchev–Trinajstić information content (AvgIpc) is 2.91. The smallest absolute Gasteiger partial charge is 0.228 e. The summed E-state index contributed by atoms with van der Waals surface area (Å²) in [4.78, 5) is 17.0. The van der Waals surface area contributed by atoms with Crippen molar-refractivity contribution in [3.05, 3.63) is 28.5 Å². The van der Waals surface area contributed by atoms with Crippen LogP contribution < -0.4 is 10.6 Å². The predicted molar refractivity (Wildman–Crippen MR) is 81.1 cm³/mol. The lowest BCUT2D eigenvalue weighted by Gasteiger charge is -2.37. The van der Waals surface area contributed by atoms with Crippen LogP contribution in [0.25, 0.3) is 0 Å². The molecule has 0 aromatic carbocycles. The summed E-state index contributed by atoms with van der Waals surface area (Å²) in [6.07, 6.45) is 7.26. The summed E-state index contributed by atoms with van der Waals surface area (Å²) in [6, 6.07) is 4.20. The standard InChI is InChI=1S/C15H20BrN3O/c16-11-4-3-8-17-12(11)10-19-14(20)15-6-2-1-5-13(15)18-9-7-15/h3-4,8,13,18H,1-2,5-7,9-10H2,(H,19,20)/t13-,15+/m0/s1. The summed E-state index contributed by atoms with van der Waals surface area (Å²) in [5, 5.41) is 6.60. The molecule has 3 rings (SSSR count). The lowest BCUT2D eigenvalue weighted by Crippen LogP contribution is -2.50. The molecule has 2 heterocycles. The lowest BCUT2D eigenvalue weighted by atomic mass is 9.70. The Labute approximate surface area is 127 Å².